The molecule has 13 heavy (non-hydrogen) atoms. The average Bonchev–Trinajstić information content (AvgIpc) is 2.26. The van der Waals surface area contributed by atoms with Crippen LogP contribution in [0.1, 0.15) is 27.2 Å². The second kappa shape index (κ2) is 2.71. The Kier molecular flexibility index (Phi) is 2.20. The molecule has 1 heterocycles. The molecular weight excluding hydrogens is 186 g/mol. The maximum absolute atomic E-state index is 11.3. The van der Waals surface area contributed by atoms with E-state index in [1.165, 1.54) is 0 Å². The van der Waals surface area contributed by atoms with E-state index in [4.69, 9.17) is 6.57 Å². The van der Waals surface area contributed by atoms with E-state index in [1.807, 2.05) is 20.8 Å². The molecule has 74 valence electrons. The highest BCUT2D eigenvalue weighted by Gasteiger charge is 2.56. The van der Waals surface area contributed by atoms with Crippen LogP contribution in [-0.4, -0.2) is 25.5 Å². The van der Waals surface area contributed by atoms with Gasteiger partial charge in [-0.15, -0.1) is 0 Å². The maximum atomic E-state index is 11.3. The van der Waals surface area contributed by atoms with Crippen molar-refractivity contribution in [1.29, 1.82) is 0 Å². The van der Waals surface area contributed by atoms with Crippen LogP contribution in [0.5, 0.6) is 0 Å². The number of rotatable bonds is 0. The smallest absolute Gasteiger partial charge is 0.252 e. The Balaban J connectivity index is 3.10. The predicted molar refractivity (Wildman–Crippen MR) is 52.1 cm³/mol. The van der Waals surface area contributed by atoms with E-state index in [9.17, 15) is 8.42 Å². The van der Waals surface area contributed by atoms with E-state index in [1.54, 1.807) is 0 Å². The van der Waals surface area contributed by atoms with Crippen LogP contribution in [0.3, 0.4) is 0 Å². The van der Waals surface area contributed by atoms with Crippen LogP contribution in [0.25, 0.3) is 4.85 Å². The third kappa shape index (κ3) is 1.71. The molecule has 0 radical (unpaired) electrons. The number of hydrogen-bond donors (Lipinski definition) is 0. The van der Waals surface area contributed by atoms with Gasteiger partial charge >= 0.3 is 0 Å². The van der Waals surface area contributed by atoms with Gasteiger partial charge in [-0.1, -0.05) is 20.8 Å². The summed E-state index contributed by atoms with van der Waals surface area (Å²) >= 11 is 0. The first-order valence-corrected chi connectivity index (χ1v) is 6.14. The van der Waals surface area contributed by atoms with Crippen LogP contribution >= 0.6 is 0 Å². The summed E-state index contributed by atoms with van der Waals surface area (Å²) in [5.74, 6) is 0.208. The highest BCUT2D eigenvalue weighted by Crippen LogP contribution is 2.42. The summed E-state index contributed by atoms with van der Waals surface area (Å²) in [4.78, 5) is 3.56. The largest absolute Gasteiger partial charge is 0.309 e. The van der Waals surface area contributed by atoms with Crippen LogP contribution in [0, 0.1) is 12.0 Å². The second-order valence-electron chi connectivity index (χ2n) is 4.74. The lowest BCUT2D eigenvalue weighted by Crippen LogP contribution is -2.40. The molecule has 1 rings (SSSR count). The third-order valence-corrected chi connectivity index (χ3v) is 4.64. The van der Waals surface area contributed by atoms with Crippen LogP contribution in [-0.2, 0) is 9.84 Å². The lowest BCUT2D eigenvalue weighted by atomic mass is 9.74. The van der Waals surface area contributed by atoms with Gasteiger partial charge in [0.1, 0.15) is 5.75 Å². The van der Waals surface area contributed by atoms with Crippen LogP contribution in [0.15, 0.2) is 0 Å². The minimum absolute atomic E-state index is 0.0347. The Hall–Kier alpha value is -0.560. The Labute approximate surface area is 79.9 Å². The lowest BCUT2D eigenvalue weighted by molar-refractivity contribution is 0.258. The molecular formula is C9H15NO2S. The first kappa shape index (κ1) is 10.5. The van der Waals surface area contributed by atoms with E-state index >= 15 is 0 Å². The van der Waals surface area contributed by atoms with Crippen molar-refractivity contribution in [3.63, 3.8) is 0 Å². The summed E-state index contributed by atoms with van der Waals surface area (Å²) in [6, 6.07) is 0. The normalized spacial score (nSPS) is 32.8. The molecule has 0 spiro atoms. The fraction of sp³-hybridized carbons (Fsp3) is 0.889. The third-order valence-electron chi connectivity index (χ3n) is 2.90. The maximum Gasteiger partial charge on any atom is 0.252 e. The number of hydrogen-bond acceptors (Lipinski definition) is 2. The highest BCUT2D eigenvalue weighted by atomic mass is 32.2. The van der Waals surface area contributed by atoms with Crippen molar-refractivity contribution in [2.24, 2.45) is 5.41 Å². The molecule has 0 aromatic carbocycles. The van der Waals surface area contributed by atoms with Crippen molar-refractivity contribution in [3.05, 3.63) is 11.4 Å². The van der Waals surface area contributed by atoms with E-state index in [0.717, 1.165) is 0 Å². The molecule has 0 aliphatic carbocycles. The zero-order valence-electron chi connectivity index (χ0n) is 8.29. The average molecular weight is 201 g/mol. The minimum Gasteiger partial charge on any atom is -0.309 e. The molecule has 1 fully saturated rings. The van der Waals surface area contributed by atoms with Gasteiger partial charge in [0, 0.05) is 11.8 Å². The summed E-state index contributed by atoms with van der Waals surface area (Å²) in [6.45, 7) is 12.9. The summed E-state index contributed by atoms with van der Waals surface area (Å²) in [5, 5.41) is 0. The van der Waals surface area contributed by atoms with Crippen LogP contribution in [0.4, 0.5) is 0 Å². The van der Waals surface area contributed by atoms with Crippen molar-refractivity contribution >= 4 is 9.84 Å². The molecule has 0 bridgehead atoms. The first-order chi connectivity index (χ1) is 5.72. The Morgan fingerprint density at radius 3 is 2.08 bits per heavy atom. The van der Waals surface area contributed by atoms with Gasteiger partial charge in [-0.25, -0.2) is 15.0 Å². The lowest BCUT2D eigenvalue weighted by Gasteiger charge is -2.29. The minimum atomic E-state index is -2.96. The molecule has 1 unspecified atom stereocenters. The van der Waals surface area contributed by atoms with E-state index in [2.05, 4.69) is 4.85 Å². The Morgan fingerprint density at radius 1 is 1.38 bits per heavy atom. The fourth-order valence-electron chi connectivity index (χ4n) is 1.68. The van der Waals surface area contributed by atoms with E-state index < -0.39 is 15.4 Å². The zero-order chi connectivity index (χ0) is 10.3. The van der Waals surface area contributed by atoms with Gasteiger partial charge in [0.15, 0.2) is 9.84 Å². The molecule has 1 atom stereocenters. The Bertz CT molecular complexity index is 345. The molecule has 0 N–H and O–H groups in total. The second-order valence-corrected chi connectivity index (χ2v) is 6.92. The zero-order valence-corrected chi connectivity index (χ0v) is 9.11. The van der Waals surface area contributed by atoms with Gasteiger partial charge in [-0.2, -0.15) is 0 Å². The van der Waals surface area contributed by atoms with E-state index in [0.29, 0.717) is 6.42 Å². The molecule has 4 heteroatoms. The van der Waals surface area contributed by atoms with Crippen molar-refractivity contribution in [3.8, 4) is 0 Å². The van der Waals surface area contributed by atoms with Crippen molar-refractivity contribution in [2.45, 2.75) is 32.7 Å². The first-order valence-electron chi connectivity index (χ1n) is 4.32. The molecule has 0 amide bonds. The quantitative estimate of drug-likeness (QED) is 0.557. The van der Waals surface area contributed by atoms with Gasteiger partial charge in [0.2, 0.25) is 0 Å². The number of sulfone groups is 1. The van der Waals surface area contributed by atoms with Crippen molar-refractivity contribution in [2.75, 3.05) is 11.5 Å². The van der Waals surface area contributed by atoms with Crippen LogP contribution < -0.4 is 0 Å². The predicted octanol–water partition coefficient (Wildman–Crippen LogP) is 1.51. The topological polar surface area (TPSA) is 38.5 Å². The summed E-state index contributed by atoms with van der Waals surface area (Å²) in [5.41, 5.74) is -0.940. The van der Waals surface area contributed by atoms with Crippen molar-refractivity contribution in [1.82, 2.24) is 0 Å². The van der Waals surface area contributed by atoms with Gasteiger partial charge in [-0.05, 0) is 0 Å². The molecule has 1 aliphatic heterocycles. The monoisotopic (exact) mass is 201 g/mol. The molecule has 0 saturated carbocycles. The van der Waals surface area contributed by atoms with Gasteiger partial charge in [-0.3, -0.25) is 0 Å². The molecule has 1 aliphatic rings. The van der Waals surface area contributed by atoms with E-state index in [-0.39, 0.29) is 16.9 Å². The molecule has 1 saturated heterocycles. The van der Waals surface area contributed by atoms with Crippen molar-refractivity contribution < 1.29 is 8.42 Å². The molecule has 0 aromatic rings. The standard InChI is InChI=1S/C9H15NO2S/c1-8(2,3)9(10-4)5-6-13(11,12)7-9/h5-7H2,1-3H3. The molecule has 0 aromatic heterocycles. The molecule has 3 nitrogen and oxygen atoms in total. The van der Waals surface area contributed by atoms with Gasteiger partial charge in [0.05, 0.1) is 5.75 Å². The summed E-state index contributed by atoms with van der Waals surface area (Å²) in [6.07, 6.45) is 0.488. The summed E-state index contributed by atoms with van der Waals surface area (Å²) in [7, 11) is -2.96. The highest BCUT2D eigenvalue weighted by molar-refractivity contribution is 7.91. The van der Waals surface area contributed by atoms with Gasteiger partial charge < -0.3 is 4.85 Å². The Morgan fingerprint density at radius 2 is 1.92 bits per heavy atom. The number of nitrogens with zero attached hydrogens (tertiary/aromatic N) is 1. The van der Waals surface area contributed by atoms with Gasteiger partial charge in [0.25, 0.3) is 5.54 Å². The summed E-state index contributed by atoms with van der Waals surface area (Å²) < 4.78 is 22.6. The SMILES string of the molecule is [C-]#[N+]C1(C(C)(C)C)CCS(=O)(=O)C1. The fourth-order valence-corrected chi connectivity index (χ4v) is 3.84. The van der Waals surface area contributed by atoms with Crippen LogP contribution in [0.2, 0.25) is 0 Å².